The zero-order valence-electron chi connectivity index (χ0n) is 15.0. The summed E-state index contributed by atoms with van der Waals surface area (Å²) in [5.74, 6) is 0.304. The molecular formula is C18H28ClNO4S. The molecule has 7 heteroatoms. The van der Waals surface area contributed by atoms with E-state index in [1.165, 1.54) is 0 Å². The maximum Gasteiger partial charge on any atom is 0.264 e. The van der Waals surface area contributed by atoms with E-state index in [0.717, 1.165) is 50.6 Å². The van der Waals surface area contributed by atoms with E-state index in [1.54, 1.807) is 0 Å². The van der Waals surface area contributed by atoms with Gasteiger partial charge in [-0.25, -0.2) is 0 Å². The van der Waals surface area contributed by atoms with Gasteiger partial charge < -0.3 is 10.1 Å². The number of nitrogens with one attached hydrogen (secondary N) is 1. The Bertz CT molecular complexity index is 646. The van der Waals surface area contributed by atoms with Gasteiger partial charge in [0.05, 0.1) is 25.1 Å². The second-order valence-electron chi connectivity index (χ2n) is 6.57. The van der Waals surface area contributed by atoms with Gasteiger partial charge in [0.25, 0.3) is 10.1 Å². The fraction of sp³-hybridized carbons (Fsp3) is 0.667. The van der Waals surface area contributed by atoms with Crippen LogP contribution in [0.1, 0.15) is 38.2 Å². The van der Waals surface area contributed by atoms with Crippen LogP contribution < -0.4 is 5.32 Å². The van der Waals surface area contributed by atoms with Crippen LogP contribution in [0.5, 0.6) is 0 Å². The van der Waals surface area contributed by atoms with Crippen LogP contribution >= 0.6 is 11.6 Å². The van der Waals surface area contributed by atoms with Gasteiger partial charge in [-0.3, -0.25) is 4.18 Å². The lowest BCUT2D eigenvalue weighted by molar-refractivity contribution is -0.111. The second kappa shape index (κ2) is 9.33. The standard InChI is InChI=1S/C18H28ClNO4S/c1-3-9-18(16-7-5-10-20-14-16,15-6-4-8-17(19)13-15)23-11-12-24-25(2,21)22/h4,6,8,13,16,20H,3,5,7,9-12,14H2,1-2H3/t16?,18-/m0/s1. The highest BCUT2D eigenvalue weighted by Gasteiger charge is 2.41. The topological polar surface area (TPSA) is 64.6 Å². The molecule has 0 aliphatic carbocycles. The quantitative estimate of drug-likeness (QED) is 0.518. The summed E-state index contributed by atoms with van der Waals surface area (Å²) in [6, 6.07) is 7.80. The van der Waals surface area contributed by atoms with Crippen LogP contribution in [0.15, 0.2) is 24.3 Å². The van der Waals surface area contributed by atoms with Crippen LogP contribution in [0.3, 0.4) is 0 Å². The summed E-state index contributed by atoms with van der Waals surface area (Å²) in [6.07, 6.45) is 5.01. The Morgan fingerprint density at radius 3 is 2.76 bits per heavy atom. The lowest BCUT2D eigenvalue weighted by Gasteiger charge is -2.43. The normalized spacial score (nSPS) is 21.0. The van der Waals surface area contributed by atoms with Crippen LogP contribution in [-0.4, -0.2) is 41.0 Å². The summed E-state index contributed by atoms with van der Waals surface area (Å²) < 4.78 is 33.6. The number of rotatable bonds is 9. The predicted molar refractivity (Wildman–Crippen MR) is 100 cm³/mol. The predicted octanol–water partition coefficient (Wildman–Crippen LogP) is 3.33. The van der Waals surface area contributed by atoms with Gasteiger partial charge in [-0.15, -0.1) is 0 Å². The SMILES string of the molecule is CCC[C@](OCCOS(C)(=O)=O)(c1cccc(Cl)c1)C1CCCNC1. The highest BCUT2D eigenvalue weighted by atomic mass is 35.5. The van der Waals surface area contributed by atoms with E-state index >= 15 is 0 Å². The van der Waals surface area contributed by atoms with E-state index in [4.69, 9.17) is 20.5 Å². The van der Waals surface area contributed by atoms with Crippen molar-refractivity contribution in [2.45, 2.75) is 38.2 Å². The van der Waals surface area contributed by atoms with Crippen molar-refractivity contribution in [3.8, 4) is 0 Å². The summed E-state index contributed by atoms with van der Waals surface area (Å²) in [7, 11) is -3.46. The van der Waals surface area contributed by atoms with Gasteiger partial charge in [-0.05, 0) is 43.5 Å². The van der Waals surface area contributed by atoms with E-state index in [0.29, 0.717) is 10.9 Å². The minimum absolute atomic E-state index is 0.0189. The molecule has 25 heavy (non-hydrogen) atoms. The lowest BCUT2D eigenvalue weighted by atomic mass is 9.74. The average Bonchev–Trinajstić information content (AvgIpc) is 2.57. The first-order valence-corrected chi connectivity index (χ1v) is 11.0. The molecule has 1 unspecified atom stereocenters. The largest absolute Gasteiger partial charge is 0.368 e. The lowest BCUT2D eigenvalue weighted by Crippen LogP contribution is -2.46. The van der Waals surface area contributed by atoms with E-state index in [-0.39, 0.29) is 13.2 Å². The number of hydrogen-bond donors (Lipinski definition) is 1. The molecule has 0 bridgehead atoms. The van der Waals surface area contributed by atoms with Crippen LogP contribution in [0, 0.1) is 5.92 Å². The van der Waals surface area contributed by atoms with Crippen molar-refractivity contribution in [3.63, 3.8) is 0 Å². The van der Waals surface area contributed by atoms with Gasteiger partial charge in [0.2, 0.25) is 0 Å². The Morgan fingerprint density at radius 1 is 1.36 bits per heavy atom. The molecule has 1 fully saturated rings. The van der Waals surface area contributed by atoms with Crippen LogP contribution in [0.4, 0.5) is 0 Å². The molecule has 2 rings (SSSR count). The Hall–Kier alpha value is -0.660. The molecule has 2 atom stereocenters. The molecule has 0 saturated carbocycles. The van der Waals surface area contributed by atoms with Gasteiger partial charge in [0, 0.05) is 17.5 Å². The maximum absolute atomic E-state index is 11.2. The fourth-order valence-corrected chi connectivity index (χ4v) is 4.20. The van der Waals surface area contributed by atoms with E-state index in [2.05, 4.69) is 12.2 Å². The number of benzene rings is 1. The third kappa shape index (κ3) is 5.93. The van der Waals surface area contributed by atoms with Crippen molar-refractivity contribution in [1.82, 2.24) is 5.32 Å². The third-order valence-electron chi connectivity index (χ3n) is 4.63. The van der Waals surface area contributed by atoms with Crippen LogP contribution in [0.2, 0.25) is 5.02 Å². The summed E-state index contributed by atoms with van der Waals surface area (Å²) in [4.78, 5) is 0. The molecule has 1 heterocycles. The molecule has 5 nitrogen and oxygen atoms in total. The smallest absolute Gasteiger partial charge is 0.264 e. The third-order valence-corrected chi connectivity index (χ3v) is 5.46. The van der Waals surface area contributed by atoms with Crippen molar-refractivity contribution in [2.75, 3.05) is 32.6 Å². The highest BCUT2D eigenvalue weighted by Crippen LogP contribution is 2.42. The highest BCUT2D eigenvalue weighted by molar-refractivity contribution is 7.85. The first kappa shape index (κ1) is 20.6. The minimum Gasteiger partial charge on any atom is -0.368 e. The Kier molecular flexibility index (Phi) is 7.70. The van der Waals surface area contributed by atoms with Crippen molar-refractivity contribution >= 4 is 21.7 Å². The molecule has 142 valence electrons. The Balaban J connectivity index is 2.26. The first-order chi connectivity index (χ1) is 11.9. The monoisotopic (exact) mass is 389 g/mol. The maximum atomic E-state index is 11.2. The molecule has 1 aliphatic rings. The number of piperidine rings is 1. The second-order valence-corrected chi connectivity index (χ2v) is 8.65. The number of ether oxygens (including phenoxy) is 1. The van der Waals surface area contributed by atoms with E-state index < -0.39 is 15.7 Å². The van der Waals surface area contributed by atoms with Gasteiger partial charge in [0.15, 0.2) is 0 Å². The summed E-state index contributed by atoms with van der Waals surface area (Å²) in [5.41, 5.74) is 0.559. The zero-order valence-corrected chi connectivity index (χ0v) is 16.5. The summed E-state index contributed by atoms with van der Waals surface area (Å²) in [6.45, 7) is 4.26. The minimum atomic E-state index is -3.46. The van der Waals surface area contributed by atoms with Crippen molar-refractivity contribution < 1.29 is 17.3 Å². The van der Waals surface area contributed by atoms with Crippen molar-refractivity contribution in [3.05, 3.63) is 34.9 Å². The molecular weight excluding hydrogens is 362 g/mol. The molecule has 0 amide bonds. The molecule has 1 N–H and O–H groups in total. The van der Waals surface area contributed by atoms with Crippen molar-refractivity contribution in [1.29, 1.82) is 0 Å². The van der Waals surface area contributed by atoms with Gasteiger partial charge in [-0.1, -0.05) is 37.1 Å². The van der Waals surface area contributed by atoms with Gasteiger partial charge in [-0.2, -0.15) is 8.42 Å². The van der Waals surface area contributed by atoms with Crippen LogP contribution in [-0.2, 0) is 24.6 Å². The molecule has 0 spiro atoms. The Morgan fingerprint density at radius 2 is 2.16 bits per heavy atom. The van der Waals surface area contributed by atoms with E-state index in [1.807, 2.05) is 24.3 Å². The number of halogens is 1. The summed E-state index contributed by atoms with van der Waals surface area (Å²) in [5, 5.41) is 4.14. The van der Waals surface area contributed by atoms with Gasteiger partial charge in [0.1, 0.15) is 0 Å². The first-order valence-electron chi connectivity index (χ1n) is 8.82. The zero-order chi connectivity index (χ0) is 18.3. The molecule has 1 aromatic carbocycles. The molecule has 0 aromatic heterocycles. The van der Waals surface area contributed by atoms with Crippen molar-refractivity contribution in [2.24, 2.45) is 5.92 Å². The summed E-state index contributed by atoms with van der Waals surface area (Å²) >= 11 is 6.24. The average molecular weight is 390 g/mol. The Labute approximate surface area is 156 Å². The molecule has 0 radical (unpaired) electrons. The van der Waals surface area contributed by atoms with Gasteiger partial charge >= 0.3 is 0 Å². The van der Waals surface area contributed by atoms with E-state index in [9.17, 15) is 8.42 Å². The molecule has 1 aliphatic heterocycles. The number of hydrogen-bond acceptors (Lipinski definition) is 5. The fourth-order valence-electron chi connectivity index (χ4n) is 3.64. The molecule has 1 saturated heterocycles. The van der Waals surface area contributed by atoms with Crippen LogP contribution in [0.25, 0.3) is 0 Å². The molecule has 1 aromatic rings.